The number of hydrogen-bond donors (Lipinski definition) is 0. The van der Waals surface area contributed by atoms with E-state index in [2.05, 4.69) is 4.74 Å². The molecule has 0 radical (unpaired) electrons. The molecule has 0 spiro atoms. The van der Waals surface area contributed by atoms with Crippen molar-refractivity contribution in [1.82, 2.24) is 0 Å². The molecule has 0 fully saturated rings. The Morgan fingerprint density at radius 3 is 2.71 bits per heavy atom. The van der Waals surface area contributed by atoms with E-state index in [1.54, 1.807) is 6.26 Å². The number of carbonyl (C=O) groups is 1. The number of esters is 1. The second-order valence-electron chi connectivity index (χ2n) is 3.11. The Balaban J connectivity index is 3.37. The van der Waals surface area contributed by atoms with E-state index in [1.807, 2.05) is 0 Å². The van der Waals surface area contributed by atoms with Crippen molar-refractivity contribution in [2.75, 3.05) is 13.4 Å². The van der Waals surface area contributed by atoms with Crippen LogP contribution in [-0.2, 0) is 10.5 Å². The lowest BCUT2D eigenvalue weighted by Gasteiger charge is -2.07. The average Bonchev–Trinajstić information content (AvgIpc) is 2.30. The molecule has 0 aliphatic heterocycles. The third-order valence-corrected chi connectivity index (χ3v) is 3.12. The number of ether oxygens (including phenoxy) is 1. The van der Waals surface area contributed by atoms with Gasteiger partial charge in [-0.25, -0.2) is 4.79 Å². The van der Waals surface area contributed by atoms with Crippen LogP contribution < -0.4 is 0 Å². The predicted molar refractivity (Wildman–Crippen MR) is 66.7 cm³/mol. The Labute approximate surface area is 107 Å². The van der Waals surface area contributed by atoms with Gasteiger partial charge in [0.1, 0.15) is 0 Å². The zero-order valence-corrected chi connectivity index (χ0v) is 10.8. The van der Waals surface area contributed by atoms with E-state index < -0.39 is 10.9 Å². The summed E-state index contributed by atoms with van der Waals surface area (Å²) in [5, 5.41) is 10.9. The van der Waals surface area contributed by atoms with Gasteiger partial charge in [-0.05, 0) is 12.3 Å². The molecule has 92 valence electrons. The maximum atomic E-state index is 11.4. The molecule has 5 nitrogen and oxygen atoms in total. The molecule has 7 heteroatoms. The van der Waals surface area contributed by atoms with Gasteiger partial charge in [0.15, 0.2) is 0 Å². The number of benzene rings is 1. The Kier molecular flexibility index (Phi) is 4.77. The second-order valence-corrected chi connectivity index (χ2v) is 4.35. The molecule has 0 saturated carbocycles. The smallest absolute Gasteiger partial charge is 0.339 e. The van der Waals surface area contributed by atoms with Gasteiger partial charge in [-0.15, -0.1) is 0 Å². The molecular weight excluding hydrogens is 266 g/mol. The van der Waals surface area contributed by atoms with E-state index in [-0.39, 0.29) is 16.3 Å². The fourth-order valence-electron chi connectivity index (χ4n) is 1.33. The van der Waals surface area contributed by atoms with Gasteiger partial charge in [-0.2, -0.15) is 11.8 Å². The third kappa shape index (κ3) is 2.89. The molecule has 0 bridgehead atoms. The molecule has 0 heterocycles. The lowest BCUT2D eigenvalue weighted by molar-refractivity contribution is -0.385. The molecule has 0 aromatic heterocycles. The van der Waals surface area contributed by atoms with Crippen LogP contribution in [0.1, 0.15) is 15.9 Å². The Hall–Kier alpha value is -1.27. The summed E-state index contributed by atoms with van der Waals surface area (Å²) in [6, 6.07) is 2.57. The summed E-state index contributed by atoms with van der Waals surface area (Å²) in [7, 11) is 1.23. The number of rotatable bonds is 4. The van der Waals surface area contributed by atoms with Crippen molar-refractivity contribution in [3.8, 4) is 0 Å². The van der Waals surface area contributed by atoms with E-state index >= 15 is 0 Å². The Bertz CT molecular complexity index is 464. The van der Waals surface area contributed by atoms with E-state index in [4.69, 9.17) is 11.6 Å². The molecule has 17 heavy (non-hydrogen) atoms. The van der Waals surface area contributed by atoms with Gasteiger partial charge in [0.05, 0.1) is 28.2 Å². The van der Waals surface area contributed by atoms with Crippen LogP contribution in [0.25, 0.3) is 0 Å². The summed E-state index contributed by atoms with van der Waals surface area (Å²) >= 11 is 7.38. The first-order chi connectivity index (χ1) is 8.02. The first kappa shape index (κ1) is 13.8. The molecule has 0 atom stereocenters. The van der Waals surface area contributed by atoms with Gasteiger partial charge in [-0.1, -0.05) is 11.6 Å². The minimum atomic E-state index is -0.604. The topological polar surface area (TPSA) is 69.4 Å². The largest absolute Gasteiger partial charge is 0.465 e. The minimum Gasteiger partial charge on any atom is -0.465 e. The summed E-state index contributed by atoms with van der Waals surface area (Å²) in [5.41, 5.74) is 0.396. The van der Waals surface area contributed by atoms with Crippen molar-refractivity contribution in [1.29, 1.82) is 0 Å². The lowest BCUT2D eigenvalue weighted by atomic mass is 10.1. The van der Waals surface area contributed by atoms with Crippen LogP contribution in [0.4, 0.5) is 5.69 Å². The van der Waals surface area contributed by atoms with Crippen LogP contribution in [-0.4, -0.2) is 24.3 Å². The summed E-state index contributed by atoms with van der Waals surface area (Å²) in [5.74, 6) is -0.243. The zero-order chi connectivity index (χ0) is 13.0. The normalized spacial score (nSPS) is 10.1. The number of carbonyl (C=O) groups excluding carboxylic acids is 1. The van der Waals surface area contributed by atoms with Gasteiger partial charge in [0.25, 0.3) is 5.69 Å². The van der Waals surface area contributed by atoms with E-state index in [0.29, 0.717) is 11.3 Å². The maximum Gasteiger partial charge on any atom is 0.339 e. The van der Waals surface area contributed by atoms with Crippen molar-refractivity contribution in [2.45, 2.75) is 5.75 Å². The van der Waals surface area contributed by atoms with Gasteiger partial charge in [-0.3, -0.25) is 10.1 Å². The number of thioether (sulfide) groups is 1. The van der Waals surface area contributed by atoms with Crippen LogP contribution >= 0.6 is 23.4 Å². The molecule has 1 aromatic rings. The van der Waals surface area contributed by atoms with Crippen molar-refractivity contribution < 1.29 is 14.5 Å². The van der Waals surface area contributed by atoms with Crippen molar-refractivity contribution in [2.24, 2.45) is 0 Å². The molecule has 0 aliphatic rings. The van der Waals surface area contributed by atoms with Crippen LogP contribution in [0.15, 0.2) is 12.1 Å². The van der Waals surface area contributed by atoms with Crippen LogP contribution in [0.5, 0.6) is 0 Å². The lowest BCUT2D eigenvalue weighted by Crippen LogP contribution is -2.05. The standard InChI is InChI=1S/C10H10ClNO4S/c1-16-10(13)6-3-4-8(12(14)15)7(5-17-2)9(6)11/h3-4H,5H2,1-2H3. The van der Waals surface area contributed by atoms with Crippen molar-refractivity contribution >= 4 is 35.0 Å². The highest BCUT2D eigenvalue weighted by Crippen LogP contribution is 2.32. The van der Waals surface area contributed by atoms with E-state index in [9.17, 15) is 14.9 Å². The fraction of sp³-hybridized carbons (Fsp3) is 0.300. The number of hydrogen-bond acceptors (Lipinski definition) is 5. The first-order valence-corrected chi connectivity index (χ1v) is 6.33. The molecule has 0 N–H and O–H groups in total. The molecule has 1 rings (SSSR count). The average molecular weight is 276 g/mol. The van der Waals surface area contributed by atoms with Crippen LogP contribution in [0, 0.1) is 10.1 Å². The van der Waals surface area contributed by atoms with Gasteiger partial charge < -0.3 is 4.74 Å². The highest BCUT2D eigenvalue weighted by Gasteiger charge is 2.22. The molecule has 1 aromatic carbocycles. The maximum absolute atomic E-state index is 11.4. The van der Waals surface area contributed by atoms with Crippen LogP contribution in [0.3, 0.4) is 0 Å². The van der Waals surface area contributed by atoms with Gasteiger partial charge in [0, 0.05) is 11.8 Å². The van der Waals surface area contributed by atoms with Crippen molar-refractivity contribution in [3.05, 3.63) is 38.4 Å². The highest BCUT2D eigenvalue weighted by atomic mass is 35.5. The number of nitrogens with zero attached hydrogens (tertiary/aromatic N) is 1. The summed E-state index contributed by atoms with van der Waals surface area (Å²) in [6.07, 6.45) is 1.80. The quantitative estimate of drug-likeness (QED) is 0.480. The summed E-state index contributed by atoms with van der Waals surface area (Å²) in [6.45, 7) is 0. The Morgan fingerprint density at radius 2 is 2.24 bits per heavy atom. The molecule has 0 aliphatic carbocycles. The van der Waals surface area contributed by atoms with E-state index in [1.165, 1.54) is 31.0 Å². The number of nitro benzene ring substituents is 1. The van der Waals surface area contributed by atoms with Crippen LogP contribution in [0.2, 0.25) is 5.02 Å². The molecule has 0 unspecified atom stereocenters. The van der Waals surface area contributed by atoms with Crippen molar-refractivity contribution in [3.63, 3.8) is 0 Å². The number of methoxy groups -OCH3 is 1. The minimum absolute atomic E-state index is 0.0837. The molecule has 0 saturated heterocycles. The zero-order valence-electron chi connectivity index (χ0n) is 9.23. The molecule has 0 amide bonds. The second kappa shape index (κ2) is 5.88. The molecular formula is C10H10ClNO4S. The number of nitro groups is 1. The predicted octanol–water partition coefficient (Wildman–Crippen LogP) is 2.90. The summed E-state index contributed by atoms with van der Waals surface area (Å²) in [4.78, 5) is 21.7. The first-order valence-electron chi connectivity index (χ1n) is 4.56. The number of halogens is 1. The monoisotopic (exact) mass is 275 g/mol. The SMILES string of the molecule is COC(=O)c1ccc([N+](=O)[O-])c(CSC)c1Cl. The summed E-state index contributed by atoms with van der Waals surface area (Å²) < 4.78 is 4.55. The van der Waals surface area contributed by atoms with E-state index in [0.717, 1.165) is 0 Å². The fourth-order valence-corrected chi connectivity index (χ4v) is 2.30. The van der Waals surface area contributed by atoms with Gasteiger partial charge >= 0.3 is 5.97 Å². The third-order valence-electron chi connectivity index (χ3n) is 2.11. The highest BCUT2D eigenvalue weighted by molar-refractivity contribution is 7.97. The van der Waals surface area contributed by atoms with Gasteiger partial charge in [0.2, 0.25) is 0 Å². The Morgan fingerprint density at radius 1 is 1.59 bits per heavy atom.